The molecule has 3 aliphatic carbocycles. The van der Waals surface area contributed by atoms with Crippen molar-refractivity contribution in [2.45, 2.75) is 37.8 Å². The average Bonchev–Trinajstić information content (AvgIpc) is 3.22. The van der Waals surface area contributed by atoms with Crippen LogP contribution in [0.5, 0.6) is 0 Å². The number of hydrogen-bond acceptors (Lipinski definition) is 3. The van der Waals surface area contributed by atoms with Crippen LogP contribution in [-0.2, 0) is 11.2 Å². The van der Waals surface area contributed by atoms with Crippen molar-refractivity contribution in [2.75, 3.05) is 11.9 Å². The van der Waals surface area contributed by atoms with Crippen molar-refractivity contribution < 1.29 is 9.59 Å². The van der Waals surface area contributed by atoms with Gasteiger partial charge in [0.05, 0.1) is 5.56 Å². The van der Waals surface area contributed by atoms with Crippen LogP contribution >= 0.6 is 0 Å². The minimum absolute atomic E-state index is 0.00775. The number of para-hydroxylation sites is 2. The van der Waals surface area contributed by atoms with Crippen molar-refractivity contribution >= 4 is 28.4 Å². The summed E-state index contributed by atoms with van der Waals surface area (Å²) in [5.41, 5.74) is 3.55. The number of aromatic nitrogens is 1. The molecule has 2 bridgehead atoms. The molecule has 1 spiro atoms. The molecule has 6 nitrogen and oxygen atoms in total. The van der Waals surface area contributed by atoms with Crippen molar-refractivity contribution in [1.82, 2.24) is 15.6 Å². The van der Waals surface area contributed by atoms with Gasteiger partial charge in [0, 0.05) is 41.2 Å². The number of fused-ring (bicyclic) bond motifs is 4. The summed E-state index contributed by atoms with van der Waals surface area (Å²) in [6, 6.07) is 15.9. The summed E-state index contributed by atoms with van der Waals surface area (Å²) in [4.78, 5) is 29.2. The van der Waals surface area contributed by atoms with E-state index >= 15 is 0 Å². The zero-order valence-corrected chi connectivity index (χ0v) is 18.0. The number of anilines is 1. The number of carbonyl (C=O) groups is 2. The van der Waals surface area contributed by atoms with Crippen LogP contribution in [0.25, 0.3) is 10.9 Å². The van der Waals surface area contributed by atoms with E-state index in [1.807, 2.05) is 42.6 Å². The standard InChI is InChI=1S/C26H28N4O2/c31-24(27-12-11-17-15-28-22-7-3-1-5-19(17)22)21-13-18-10-9-16(21)14-26(18)29-23-8-4-2-6-20(23)25(32)30-26/h1-8,15-16,18,21,28-29H,9-14H2,(H,27,31)(H,30,32)/t16?,18?,21?,26-/m1/s1. The second-order valence-corrected chi connectivity index (χ2v) is 9.58. The second-order valence-electron chi connectivity index (χ2n) is 9.58. The van der Waals surface area contributed by atoms with Gasteiger partial charge in [-0.1, -0.05) is 30.3 Å². The number of nitrogens with one attached hydrogen (secondary N) is 4. The molecule has 164 valence electrons. The molecule has 6 heteroatoms. The smallest absolute Gasteiger partial charge is 0.255 e. The van der Waals surface area contributed by atoms with Gasteiger partial charge in [0.1, 0.15) is 5.66 Å². The molecular weight excluding hydrogens is 400 g/mol. The van der Waals surface area contributed by atoms with E-state index in [9.17, 15) is 9.59 Å². The lowest BCUT2D eigenvalue weighted by Crippen LogP contribution is -2.68. The summed E-state index contributed by atoms with van der Waals surface area (Å²) >= 11 is 0. The lowest BCUT2D eigenvalue weighted by Gasteiger charge is -2.56. The molecule has 3 saturated carbocycles. The highest BCUT2D eigenvalue weighted by molar-refractivity contribution is 6.02. The first-order valence-electron chi connectivity index (χ1n) is 11.7. The van der Waals surface area contributed by atoms with Gasteiger partial charge in [-0.2, -0.15) is 0 Å². The van der Waals surface area contributed by atoms with Gasteiger partial charge in [0.2, 0.25) is 5.91 Å². The molecule has 3 unspecified atom stereocenters. The summed E-state index contributed by atoms with van der Waals surface area (Å²) in [5, 5.41) is 11.3. The fraction of sp³-hybridized carbons (Fsp3) is 0.385. The molecule has 1 aromatic heterocycles. The molecule has 3 aromatic rings. The zero-order valence-electron chi connectivity index (χ0n) is 18.0. The molecule has 4 aliphatic rings. The SMILES string of the molecule is O=C1N[C@@]2(CC3CCC2CC3C(=O)NCCc2c[nH]c3ccccc23)Nc2ccccc21. The molecule has 4 atom stereocenters. The molecule has 2 amide bonds. The summed E-state index contributed by atoms with van der Waals surface area (Å²) in [6.07, 6.45) is 6.57. The fourth-order valence-electron chi connectivity index (χ4n) is 6.25. The predicted molar refractivity (Wildman–Crippen MR) is 124 cm³/mol. The predicted octanol–water partition coefficient (Wildman–Crippen LogP) is 3.81. The van der Waals surface area contributed by atoms with Crippen LogP contribution in [0.1, 0.15) is 41.6 Å². The fourth-order valence-corrected chi connectivity index (χ4v) is 6.25. The van der Waals surface area contributed by atoms with Crippen molar-refractivity contribution in [2.24, 2.45) is 17.8 Å². The number of aromatic amines is 1. The van der Waals surface area contributed by atoms with Gasteiger partial charge in [-0.25, -0.2) is 0 Å². The minimum Gasteiger partial charge on any atom is -0.362 e. The normalized spacial score (nSPS) is 28.2. The maximum atomic E-state index is 13.1. The molecule has 4 N–H and O–H groups in total. The molecule has 2 aromatic carbocycles. The Morgan fingerprint density at radius 2 is 1.91 bits per heavy atom. The third kappa shape index (κ3) is 3.08. The van der Waals surface area contributed by atoms with Gasteiger partial charge in [-0.3, -0.25) is 9.59 Å². The van der Waals surface area contributed by atoms with Crippen LogP contribution in [0.3, 0.4) is 0 Å². The van der Waals surface area contributed by atoms with Crippen LogP contribution in [0.4, 0.5) is 5.69 Å². The van der Waals surface area contributed by atoms with Crippen LogP contribution in [0.15, 0.2) is 54.7 Å². The van der Waals surface area contributed by atoms with Gasteiger partial charge in [0.15, 0.2) is 0 Å². The first-order chi connectivity index (χ1) is 15.6. The number of rotatable bonds is 4. The summed E-state index contributed by atoms with van der Waals surface area (Å²) < 4.78 is 0. The molecule has 32 heavy (non-hydrogen) atoms. The largest absolute Gasteiger partial charge is 0.362 e. The average molecular weight is 429 g/mol. The Morgan fingerprint density at radius 1 is 1.06 bits per heavy atom. The first-order valence-corrected chi connectivity index (χ1v) is 11.7. The lowest BCUT2D eigenvalue weighted by atomic mass is 9.58. The molecule has 7 rings (SSSR count). The highest BCUT2D eigenvalue weighted by atomic mass is 16.2. The number of carbonyl (C=O) groups excluding carboxylic acids is 2. The number of H-pyrrole nitrogens is 1. The van der Waals surface area contributed by atoms with E-state index < -0.39 is 5.66 Å². The van der Waals surface area contributed by atoms with Crippen LogP contribution in [0.2, 0.25) is 0 Å². The van der Waals surface area contributed by atoms with Crippen LogP contribution < -0.4 is 16.0 Å². The summed E-state index contributed by atoms with van der Waals surface area (Å²) in [7, 11) is 0. The zero-order chi connectivity index (χ0) is 21.7. The minimum atomic E-state index is -0.421. The maximum absolute atomic E-state index is 13.1. The second kappa shape index (κ2) is 7.40. The molecule has 3 fully saturated rings. The van der Waals surface area contributed by atoms with E-state index in [-0.39, 0.29) is 29.6 Å². The van der Waals surface area contributed by atoms with E-state index in [2.05, 4.69) is 33.1 Å². The van der Waals surface area contributed by atoms with E-state index in [4.69, 9.17) is 0 Å². The van der Waals surface area contributed by atoms with Crippen LogP contribution in [-0.4, -0.2) is 29.0 Å². The third-order valence-corrected chi connectivity index (χ3v) is 7.85. The monoisotopic (exact) mass is 428 g/mol. The van der Waals surface area contributed by atoms with Crippen LogP contribution in [0, 0.1) is 17.8 Å². The van der Waals surface area contributed by atoms with E-state index in [1.165, 1.54) is 10.9 Å². The van der Waals surface area contributed by atoms with E-state index in [0.717, 1.165) is 43.3 Å². The van der Waals surface area contributed by atoms with Gasteiger partial charge in [-0.05, 0) is 61.8 Å². The van der Waals surface area contributed by atoms with Crippen molar-refractivity contribution in [3.8, 4) is 0 Å². The molecular formula is C26H28N4O2. The third-order valence-electron chi connectivity index (χ3n) is 7.85. The topological polar surface area (TPSA) is 86.0 Å². The van der Waals surface area contributed by atoms with Gasteiger partial charge >= 0.3 is 0 Å². The van der Waals surface area contributed by atoms with Crippen molar-refractivity contribution in [3.63, 3.8) is 0 Å². The Kier molecular flexibility index (Phi) is 4.49. The maximum Gasteiger partial charge on any atom is 0.255 e. The highest BCUT2D eigenvalue weighted by Crippen LogP contribution is 2.51. The Hall–Kier alpha value is -3.28. The van der Waals surface area contributed by atoms with Gasteiger partial charge < -0.3 is 20.9 Å². The number of amides is 2. The van der Waals surface area contributed by atoms with Crippen molar-refractivity contribution in [1.29, 1.82) is 0 Å². The number of hydrogen-bond donors (Lipinski definition) is 4. The first kappa shape index (κ1) is 19.4. The number of benzene rings is 2. The van der Waals surface area contributed by atoms with E-state index in [0.29, 0.717) is 12.1 Å². The summed E-state index contributed by atoms with van der Waals surface area (Å²) in [5.74, 6) is 0.724. The molecule has 2 heterocycles. The summed E-state index contributed by atoms with van der Waals surface area (Å²) in [6.45, 7) is 0.641. The Balaban J connectivity index is 1.12. The molecule has 0 saturated heterocycles. The molecule has 0 radical (unpaired) electrons. The lowest BCUT2D eigenvalue weighted by molar-refractivity contribution is -0.132. The molecule has 1 aliphatic heterocycles. The Morgan fingerprint density at radius 3 is 2.78 bits per heavy atom. The van der Waals surface area contributed by atoms with Gasteiger partial charge in [-0.15, -0.1) is 0 Å². The Bertz CT molecular complexity index is 1200. The Labute approximate surface area is 187 Å². The highest BCUT2D eigenvalue weighted by Gasteiger charge is 2.55. The van der Waals surface area contributed by atoms with E-state index in [1.54, 1.807) is 0 Å². The quantitative estimate of drug-likeness (QED) is 0.510. The van der Waals surface area contributed by atoms with Gasteiger partial charge in [0.25, 0.3) is 5.91 Å². The van der Waals surface area contributed by atoms with Crippen molar-refractivity contribution in [3.05, 3.63) is 65.9 Å².